The van der Waals surface area contributed by atoms with Crippen LogP contribution in [-0.2, 0) is 4.74 Å². The molecule has 1 aliphatic heterocycles. The molecule has 1 fully saturated rings. The van der Waals surface area contributed by atoms with E-state index in [4.69, 9.17) is 14.2 Å². The average Bonchev–Trinajstić information content (AvgIpc) is 3.24. The summed E-state index contributed by atoms with van der Waals surface area (Å²) >= 11 is 1.70. The zero-order valence-electron chi connectivity index (χ0n) is 18.0. The molecule has 0 bridgehead atoms. The third-order valence-corrected chi connectivity index (χ3v) is 6.07. The van der Waals surface area contributed by atoms with E-state index >= 15 is 0 Å². The lowest BCUT2D eigenvalue weighted by Gasteiger charge is -2.28. The van der Waals surface area contributed by atoms with Gasteiger partial charge in [0.15, 0.2) is 5.16 Å². The van der Waals surface area contributed by atoms with Gasteiger partial charge in [0.25, 0.3) is 0 Å². The predicted molar refractivity (Wildman–Crippen MR) is 123 cm³/mol. The molecule has 164 valence electrons. The van der Waals surface area contributed by atoms with Crippen molar-refractivity contribution < 1.29 is 14.2 Å². The highest BCUT2D eigenvalue weighted by atomic mass is 32.2. The quantitative estimate of drug-likeness (QED) is 0.368. The van der Waals surface area contributed by atoms with Gasteiger partial charge < -0.3 is 19.1 Å². The number of aryl methyl sites for hydroxylation is 1. The first-order valence-electron chi connectivity index (χ1n) is 10.5. The van der Waals surface area contributed by atoms with Crippen LogP contribution in [0.5, 0.6) is 11.5 Å². The van der Waals surface area contributed by atoms with Crippen molar-refractivity contribution in [2.45, 2.75) is 18.5 Å². The lowest BCUT2D eigenvalue weighted by atomic mass is 10.2. The van der Waals surface area contributed by atoms with Crippen LogP contribution in [0.25, 0.3) is 5.69 Å². The third kappa shape index (κ3) is 5.51. The van der Waals surface area contributed by atoms with Crippen LogP contribution in [0.3, 0.4) is 0 Å². The molecule has 1 saturated heterocycles. The highest BCUT2D eigenvalue weighted by Crippen LogP contribution is 2.28. The van der Waals surface area contributed by atoms with Crippen LogP contribution in [0.15, 0.2) is 53.7 Å². The van der Waals surface area contributed by atoms with Gasteiger partial charge in [0.2, 0.25) is 5.95 Å². The number of methoxy groups -OCH3 is 1. The van der Waals surface area contributed by atoms with Crippen LogP contribution in [0.4, 0.5) is 5.95 Å². The lowest BCUT2D eigenvalue weighted by Crippen LogP contribution is -2.37. The van der Waals surface area contributed by atoms with Crippen molar-refractivity contribution in [3.05, 3.63) is 54.1 Å². The second-order valence-corrected chi connectivity index (χ2v) is 8.34. The van der Waals surface area contributed by atoms with Gasteiger partial charge in [-0.1, -0.05) is 29.5 Å². The fourth-order valence-corrected chi connectivity index (χ4v) is 4.19. The fraction of sp³-hybridized carbons (Fsp3) is 0.391. The number of ether oxygens (including phenoxy) is 3. The van der Waals surface area contributed by atoms with Crippen molar-refractivity contribution >= 4 is 17.7 Å². The minimum atomic E-state index is 0.647. The molecule has 3 aromatic rings. The van der Waals surface area contributed by atoms with Crippen molar-refractivity contribution in [1.29, 1.82) is 0 Å². The Morgan fingerprint density at radius 2 is 1.68 bits per heavy atom. The van der Waals surface area contributed by atoms with Crippen molar-refractivity contribution in [2.24, 2.45) is 0 Å². The van der Waals surface area contributed by atoms with E-state index in [1.807, 2.05) is 24.3 Å². The van der Waals surface area contributed by atoms with Gasteiger partial charge in [-0.15, -0.1) is 10.2 Å². The lowest BCUT2D eigenvalue weighted by molar-refractivity contribution is 0.122. The number of hydrogen-bond donors (Lipinski definition) is 0. The molecule has 2 heterocycles. The molecule has 0 aliphatic carbocycles. The smallest absolute Gasteiger partial charge is 0.232 e. The molecule has 0 N–H and O–H groups in total. The van der Waals surface area contributed by atoms with E-state index < -0.39 is 0 Å². The monoisotopic (exact) mass is 440 g/mol. The summed E-state index contributed by atoms with van der Waals surface area (Å²) < 4.78 is 18.7. The third-order valence-electron chi connectivity index (χ3n) is 5.05. The van der Waals surface area contributed by atoms with Crippen molar-refractivity contribution in [2.75, 3.05) is 50.7 Å². The second kappa shape index (κ2) is 10.5. The molecule has 0 saturated carbocycles. The van der Waals surface area contributed by atoms with E-state index in [1.165, 1.54) is 5.56 Å². The van der Waals surface area contributed by atoms with Crippen molar-refractivity contribution in [1.82, 2.24) is 14.8 Å². The van der Waals surface area contributed by atoms with Crippen LogP contribution < -0.4 is 14.4 Å². The summed E-state index contributed by atoms with van der Waals surface area (Å²) in [7, 11) is 1.66. The minimum absolute atomic E-state index is 0.647. The Kier molecular flexibility index (Phi) is 7.32. The maximum absolute atomic E-state index is 5.84. The zero-order chi connectivity index (χ0) is 21.5. The van der Waals surface area contributed by atoms with E-state index in [0.717, 1.165) is 53.6 Å². The highest BCUT2D eigenvalue weighted by molar-refractivity contribution is 7.99. The Balaban J connectivity index is 1.40. The number of anilines is 1. The molecule has 0 atom stereocenters. The summed E-state index contributed by atoms with van der Waals surface area (Å²) in [5, 5.41) is 9.92. The number of aromatic nitrogens is 3. The maximum atomic E-state index is 5.84. The summed E-state index contributed by atoms with van der Waals surface area (Å²) in [6, 6.07) is 16.1. The summed E-state index contributed by atoms with van der Waals surface area (Å²) in [6.45, 7) is 5.82. The molecule has 0 radical (unpaired) electrons. The molecule has 1 aromatic heterocycles. The Morgan fingerprint density at radius 3 is 2.39 bits per heavy atom. The topological polar surface area (TPSA) is 61.6 Å². The molecule has 0 spiro atoms. The Bertz CT molecular complexity index is 954. The first-order valence-corrected chi connectivity index (χ1v) is 11.5. The molecule has 4 rings (SSSR count). The van der Waals surface area contributed by atoms with Crippen molar-refractivity contribution in [3.63, 3.8) is 0 Å². The highest BCUT2D eigenvalue weighted by Gasteiger charge is 2.21. The molecule has 0 amide bonds. The van der Waals surface area contributed by atoms with Gasteiger partial charge in [0.05, 0.1) is 32.6 Å². The van der Waals surface area contributed by atoms with Gasteiger partial charge in [-0.05, 0) is 49.7 Å². The summed E-state index contributed by atoms with van der Waals surface area (Å²) in [5.74, 6) is 3.45. The SMILES string of the molecule is COc1ccc(OCCCSc2nnc(N3CCOCC3)n2-c2ccc(C)cc2)cc1. The molecular weight excluding hydrogens is 412 g/mol. The minimum Gasteiger partial charge on any atom is -0.497 e. The number of nitrogens with zero attached hydrogens (tertiary/aromatic N) is 4. The van der Waals surface area contributed by atoms with Crippen LogP contribution in [0, 0.1) is 6.92 Å². The second-order valence-electron chi connectivity index (χ2n) is 7.28. The zero-order valence-corrected chi connectivity index (χ0v) is 18.8. The van der Waals surface area contributed by atoms with Gasteiger partial charge in [-0.25, -0.2) is 0 Å². The van der Waals surface area contributed by atoms with E-state index in [0.29, 0.717) is 19.8 Å². The molecule has 2 aromatic carbocycles. The first kappa shape index (κ1) is 21.5. The van der Waals surface area contributed by atoms with Crippen LogP contribution in [0.2, 0.25) is 0 Å². The number of rotatable bonds is 9. The molecule has 7 nitrogen and oxygen atoms in total. The fourth-order valence-electron chi connectivity index (χ4n) is 3.33. The molecule has 31 heavy (non-hydrogen) atoms. The van der Waals surface area contributed by atoms with E-state index in [-0.39, 0.29) is 0 Å². The number of hydrogen-bond acceptors (Lipinski definition) is 7. The molecule has 0 unspecified atom stereocenters. The molecule has 8 heteroatoms. The summed E-state index contributed by atoms with van der Waals surface area (Å²) in [4.78, 5) is 2.24. The van der Waals surface area contributed by atoms with Gasteiger partial charge in [-0.3, -0.25) is 4.57 Å². The Hall–Kier alpha value is -2.71. The van der Waals surface area contributed by atoms with Gasteiger partial charge in [-0.2, -0.15) is 0 Å². The largest absolute Gasteiger partial charge is 0.497 e. The first-order chi connectivity index (χ1) is 15.2. The Morgan fingerprint density at radius 1 is 0.968 bits per heavy atom. The van der Waals surface area contributed by atoms with Crippen LogP contribution in [-0.4, -0.2) is 60.5 Å². The van der Waals surface area contributed by atoms with E-state index in [1.54, 1.807) is 18.9 Å². The van der Waals surface area contributed by atoms with E-state index in [9.17, 15) is 0 Å². The molecule has 1 aliphatic rings. The summed E-state index contributed by atoms with van der Waals surface area (Å²) in [5.41, 5.74) is 2.31. The van der Waals surface area contributed by atoms with Crippen LogP contribution >= 0.6 is 11.8 Å². The number of benzene rings is 2. The van der Waals surface area contributed by atoms with Gasteiger partial charge in [0, 0.05) is 18.8 Å². The average molecular weight is 441 g/mol. The van der Waals surface area contributed by atoms with Crippen LogP contribution in [0.1, 0.15) is 12.0 Å². The summed E-state index contributed by atoms with van der Waals surface area (Å²) in [6.07, 6.45) is 0.907. The van der Waals surface area contributed by atoms with Crippen molar-refractivity contribution in [3.8, 4) is 17.2 Å². The predicted octanol–water partition coefficient (Wildman–Crippen LogP) is 3.98. The van der Waals surface area contributed by atoms with E-state index in [2.05, 4.69) is 50.9 Å². The standard InChI is InChI=1S/C23H28N4O3S/c1-18-4-6-19(7-5-18)27-22(26-12-15-29-16-13-26)24-25-23(27)31-17-3-14-30-21-10-8-20(28-2)9-11-21/h4-11H,3,12-17H2,1-2H3. The van der Waals surface area contributed by atoms with Gasteiger partial charge >= 0.3 is 0 Å². The maximum Gasteiger partial charge on any atom is 0.232 e. The normalized spacial score (nSPS) is 13.9. The Labute approximate surface area is 187 Å². The number of morpholine rings is 1. The molecular formula is C23H28N4O3S. The number of thioether (sulfide) groups is 1. The van der Waals surface area contributed by atoms with Gasteiger partial charge in [0.1, 0.15) is 11.5 Å².